The monoisotopic (exact) mass is 513 g/mol. The third-order valence-corrected chi connectivity index (χ3v) is 7.65. The van der Waals surface area contributed by atoms with Crippen molar-refractivity contribution in [1.29, 1.82) is 0 Å². The maximum atomic E-state index is 14.2. The van der Waals surface area contributed by atoms with Gasteiger partial charge in [0.1, 0.15) is 17.4 Å². The zero-order valence-corrected chi connectivity index (χ0v) is 23.1. The first-order valence-electron chi connectivity index (χ1n) is 13.3. The molecule has 1 unspecified atom stereocenters. The van der Waals surface area contributed by atoms with Gasteiger partial charge in [-0.25, -0.2) is 9.37 Å². The van der Waals surface area contributed by atoms with Crippen LogP contribution in [0.15, 0.2) is 54.6 Å². The number of piperidine rings is 1. The Morgan fingerprint density at radius 2 is 1.68 bits per heavy atom. The van der Waals surface area contributed by atoms with E-state index in [1.54, 1.807) is 13.2 Å². The summed E-state index contributed by atoms with van der Waals surface area (Å²) in [6.07, 6.45) is 2.74. The summed E-state index contributed by atoms with van der Waals surface area (Å²) in [5.41, 5.74) is 6.27. The number of hydrogen-bond donors (Lipinski definition) is 0. The van der Waals surface area contributed by atoms with Crippen LogP contribution in [-0.2, 0) is 5.41 Å². The lowest BCUT2D eigenvalue weighted by molar-refractivity contribution is 0.0597. The highest BCUT2D eigenvalue weighted by molar-refractivity contribution is 5.97. The van der Waals surface area contributed by atoms with Crippen LogP contribution in [0.1, 0.15) is 78.9 Å². The highest BCUT2D eigenvalue weighted by Crippen LogP contribution is 2.37. The minimum Gasteiger partial charge on any atom is -0.497 e. The predicted octanol–water partition coefficient (Wildman–Crippen LogP) is 7.45. The van der Waals surface area contributed by atoms with Crippen LogP contribution in [-0.4, -0.2) is 34.0 Å². The number of aromatic nitrogens is 2. The van der Waals surface area contributed by atoms with Gasteiger partial charge in [0, 0.05) is 23.9 Å². The molecule has 1 atom stereocenters. The number of halogens is 1. The molecule has 0 radical (unpaired) electrons. The second-order valence-corrected chi connectivity index (χ2v) is 11.4. The predicted molar refractivity (Wildman–Crippen MR) is 150 cm³/mol. The third-order valence-electron chi connectivity index (χ3n) is 7.65. The number of amides is 1. The Morgan fingerprint density at radius 3 is 2.32 bits per heavy atom. The normalized spacial score (nSPS) is 16.2. The van der Waals surface area contributed by atoms with Crippen LogP contribution in [0.2, 0.25) is 0 Å². The first kappa shape index (κ1) is 26.0. The molecule has 1 aliphatic rings. The van der Waals surface area contributed by atoms with E-state index in [-0.39, 0.29) is 23.2 Å². The fourth-order valence-corrected chi connectivity index (χ4v) is 5.62. The first-order valence-corrected chi connectivity index (χ1v) is 13.3. The molecule has 4 aromatic rings. The van der Waals surface area contributed by atoms with Gasteiger partial charge in [-0.15, -0.1) is 0 Å². The number of nitrogens with zero attached hydrogens (tertiary/aromatic N) is 3. The van der Waals surface area contributed by atoms with Gasteiger partial charge in [0.05, 0.1) is 24.2 Å². The molecule has 1 saturated heterocycles. The molecule has 1 aromatic heterocycles. The number of ether oxygens (including phenoxy) is 1. The Hall–Kier alpha value is -3.67. The molecule has 0 saturated carbocycles. The molecule has 0 spiro atoms. The number of fused-ring (bicyclic) bond motifs is 1. The molecule has 1 aliphatic heterocycles. The minimum absolute atomic E-state index is 0.00323. The lowest BCUT2D eigenvalue weighted by atomic mass is 9.83. The van der Waals surface area contributed by atoms with Gasteiger partial charge in [0.15, 0.2) is 0 Å². The summed E-state index contributed by atoms with van der Waals surface area (Å²) in [7, 11) is 1.64. The van der Waals surface area contributed by atoms with Crippen molar-refractivity contribution in [3.63, 3.8) is 0 Å². The van der Waals surface area contributed by atoms with Crippen molar-refractivity contribution in [3.05, 3.63) is 88.5 Å². The Balaban J connectivity index is 1.63. The van der Waals surface area contributed by atoms with Crippen molar-refractivity contribution in [2.75, 3.05) is 13.7 Å². The van der Waals surface area contributed by atoms with Crippen LogP contribution in [0.5, 0.6) is 5.75 Å². The van der Waals surface area contributed by atoms with E-state index in [4.69, 9.17) is 9.72 Å². The molecule has 198 valence electrons. The first-order chi connectivity index (χ1) is 18.1. The summed E-state index contributed by atoms with van der Waals surface area (Å²) in [5.74, 6) is 1.21. The molecule has 1 amide bonds. The van der Waals surface area contributed by atoms with Gasteiger partial charge in [-0.2, -0.15) is 0 Å². The summed E-state index contributed by atoms with van der Waals surface area (Å²) in [6.45, 7) is 11.3. The van der Waals surface area contributed by atoms with Crippen LogP contribution in [0.3, 0.4) is 0 Å². The third kappa shape index (κ3) is 4.68. The second-order valence-electron chi connectivity index (χ2n) is 11.4. The van der Waals surface area contributed by atoms with E-state index in [1.807, 2.05) is 43.0 Å². The van der Waals surface area contributed by atoms with Gasteiger partial charge in [-0.1, -0.05) is 32.9 Å². The van der Waals surface area contributed by atoms with Crippen molar-refractivity contribution in [2.45, 2.75) is 65.3 Å². The number of likely N-dealkylation sites (tertiary alicyclic amines) is 1. The molecule has 1 fully saturated rings. The van der Waals surface area contributed by atoms with E-state index in [0.717, 1.165) is 58.7 Å². The van der Waals surface area contributed by atoms with Crippen molar-refractivity contribution in [1.82, 2.24) is 14.5 Å². The summed E-state index contributed by atoms with van der Waals surface area (Å²) < 4.78 is 21.6. The molecule has 0 aliphatic carbocycles. The zero-order valence-electron chi connectivity index (χ0n) is 23.1. The molecule has 6 heteroatoms. The maximum absolute atomic E-state index is 14.2. The fraction of sp³-hybridized carbons (Fsp3) is 0.375. The zero-order chi connectivity index (χ0) is 27.2. The number of imidazole rings is 1. The minimum atomic E-state index is -0.329. The number of rotatable bonds is 4. The molecule has 0 bridgehead atoms. The molecule has 3 aromatic carbocycles. The van der Waals surface area contributed by atoms with Gasteiger partial charge in [-0.3, -0.25) is 9.36 Å². The van der Waals surface area contributed by atoms with Gasteiger partial charge in [-0.05, 0) is 91.6 Å². The fourth-order valence-electron chi connectivity index (χ4n) is 5.62. The standard InChI is InChI=1S/C32H36FN3O2/c1-20-17-22(32(3,4)5)18-21(2)29(20)31(37)35-16-8-7-9-28(35)30-34-26-19-23(33)10-15-27(26)36(30)24-11-13-25(38-6)14-12-24/h10-15,17-19,28H,7-9,16H2,1-6H3. The maximum Gasteiger partial charge on any atom is 0.255 e. The molecule has 0 N–H and O–H groups in total. The second kappa shape index (κ2) is 9.90. The van der Waals surface area contributed by atoms with E-state index in [9.17, 15) is 9.18 Å². The average molecular weight is 514 g/mol. The van der Waals surface area contributed by atoms with Crippen LogP contribution in [0.4, 0.5) is 4.39 Å². The highest BCUT2D eigenvalue weighted by Gasteiger charge is 2.34. The SMILES string of the molecule is COc1ccc(-n2c(C3CCCCN3C(=O)c3c(C)cc(C(C)(C)C)cc3C)nc3cc(F)ccc32)cc1. The summed E-state index contributed by atoms with van der Waals surface area (Å²) in [6, 6.07) is 16.5. The van der Waals surface area contributed by atoms with Crippen molar-refractivity contribution >= 4 is 16.9 Å². The van der Waals surface area contributed by atoms with Crippen molar-refractivity contribution in [2.24, 2.45) is 0 Å². The molecule has 38 heavy (non-hydrogen) atoms. The van der Waals surface area contributed by atoms with E-state index >= 15 is 0 Å². The van der Waals surface area contributed by atoms with Gasteiger partial charge >= 0.3 is 0 Å². The topological polar surface area (TPSA) is 47.4 Å². The summed E-state index contributed by atoms with van der Waals surface area (Å²) in [5, 5.41) is 0. The van der Waals surface area contributed by atoms with E-state index in [2.05, 4.69) is 37.5 Å². The van der Waals surface area contributed by atoms with E-state index < -0.39 is 0 Å². The Kier molecular flexibility index (Phi) is 6.76. The lowest BCUT2D eigenvalue weighted by Crippen LogP contribution is -2.40. The van der Waals surface area contributed by atoms with Crippen LogP contribution in [0.25, 0.3) is 16.7 Å². The Labute approximate surface area is 224 Å². The van der Waals surface area contributed by atoms with Gasteiger partial charge < -0.3 is 9.64 Å². The smallest absolute Gasteiger partial charge is 0.255 e. The molecule has 2 heterocycles. The lowest BCUT2D eigenvalue weighted by Gasteiger charge is -2.36. The summed E-state index contributed by atoms with van der Waals surface area (Å²) >= 11 is 0. The van der Waals surface area contributed by atoms with E-state index in [1.165, 1.54) is 17.7 Å². The number of carbonyl (C=O) groups is 1. The number of aryl methyl sites for hydroxylation is 2. The van der Waals surface area contributed by atoms with Crippen molar-refractivity contribution in [3.8, 4) is 11.4 Å². The molecule has 5 nitrogen and oxygen atoms in total. The van der Waals surface area contributed by atoms with Gasteiger partial charge in [0.2, 0.25) is 0 Å². The number of hydrogen-bond acceptors (Lipinski definition) is 3. The van der Waals surface area contributed by atoms with Crippen LogP contribution < -0.4 is 4.74 Å². The Morgan fingerprint density at radius 1 is 1.00 bits per heavy atom. The Bertz CT molecular complexity index is 1470. The van der Waals surface area contributed by atoms with E-state index in [0.29, 0.717) is 12.1 Å². The summed E-state index contributed by atoms with van der Waals surface area (Å²) in [4.78, 5) is 21.1. The quantitative estimate of drug-likeness (QED) is 0.285. The van der Waals surface area contributed by atoms with Crippen LogP contribution >= 0.6 is 0 Å². The average Bonchev–Trinajstić information content (AvgIpc) is 3.26. The molecular weight excluding hydrogens is 477 g/mol. The van der Waals surface area contributed by atoms with Gasteiger partial charge in [0.25, 0.3) is 5.91 Å². The number of benzene rings is 3. The van der Waals surface area contributed by atoms with Crippen molar-refractivity contribution < 1.29 is 13.9 Å². The number of methoxy groups -OCH3 is 1. The molecule has 5 rings (SSSR count). The molecular formula is C32H36FN3O2. The van der Waals surface area contributed by atoms with Crippen LogP contribution in [0, 0.1) is 19.7 Å². The number of carbonyl (C=O) groups excluding carboxylic acids is 1. The highest BCUT2D eigenvalue weighted by atomic mass is 19.1. The largest absolute Gasteiger partial charge is 0.497 e.